The molecule has 4 nitrogen and oxygen atoms in total. The Hall–Kier alpha value is -1.93. The van der Waals surface area contributed by atoms with Gasteiger partial charge in [-0.25, -0.2) is 4.98 Å². The molecule has 1 N–H and O–H groups in total. The number of carbonyl (C=O) groups is 1. The number of carboxylic acid groups (broad SMARTS) is 1. The number of carboxylic acids is 1. The van der Waals surface area contributed by atoms with E-state index in [1.54, 1.807) is 11.3 Å². The monoisotopic (exact) mass is 579 g/mol. The van der Waals surface area contributed by atoms with Gasteiger partial charge in [-0.2, -0.15) is 11.8 Å². The molecule has 1 atom stereocenters. The predicted octanol–water partition coefficient (Wildman–Crippen LogP) is 4.03. The Morgan fingerprint density at radius 3 is 2.67 bits per heavy atom. The van der Waals surface area contributed by atoms with Crippen LogP contribution in [0.4, 0.5) is 0 Å². The average molecular weight is 580 g/mol. The van der Waals surface area contributed by atoms with Crippen molar-refractivity contribution in [2.24, 2.45) is 5.41 Å². The number of hydrogen-bond acceptors (Lipinski definition) is 6. The molecule has 2 heterocycles. The van der Waals surface area contributed by atoms with Crippen LogP contribution in [0.5, 0.6) is 0 Å². The quantitative estimate of drug-likeness (QED) is 0.257. The number of aliphatic hydroxyl groups is 1. The summed E-state index contributed by atoms with van der Waals surface area (Å²) in [4.78, 5) is 16.1. The summed E-state index contributed by atoms with van der Waals surface area (Å²) in [6.45, 7) is 3.66. The summed E-state index contributed by atoms with van der Waals surface area (Å²) < 4.78 is 1.19. The molecular weight excluding hydrogens is 545 g/mol. The van der Waals surface area contributed by atoms with E-state index in [1.165, 1.54) is 10.3 Å². The largest absolute Gasteiger partial charge is 1.00 e. The second-order valence-electron chi connectivity index (χ2n) is 11.1. The molecular formula is C33H34NNaO3S2. The predicted molar refractivity (Wildman–Crippen MR) is 161 cm³/mol. The van der Waals surface area contributed by atoms with Crippen LogP contribution < -0.4 is 34.7 Å². The van der Waals surface area contributed by atoms with Gasteiger partial charge >= 0.3 is 29.6 Å². The molecule has 0 amide bonds. The van der Waals surface area contributed by atoms with E-state index in [1.807, 2.05) is 55.9 Å². The van der Waals surface area contributed by atoms with Gasteiger partial charge in [-0.1, -0.05) is 54.6 Å². The standard InChI is InChI=1S/C33H35NO3S2.Na/c1-32(2,37)27-9-4-3-7-24(27)11-14-29(39-22-33(17-18-33)21-31(35)36)25-8-5-6-23(20-25)10-12-26-13-15-30-28(34-26)16-19-38-30;/h3-10,12-13,15-16,19-20,29,37H,11,14,17-18,21-22H2,1-2H3,(H,35,36);/q;+1/p-1/b12-10+;. The molecule has 5 rings (SSSR count). The van der Waals surface area contributed by atoms with Crippen molar-refractivity contribution in [2.75, 3.05) is 5.75 Å². The smallest absolute Gasteiger partial charge is 0.550 e. The number of carbonyl (C=O) groups excluding carboxylic acids is 1. The second-order valence-corrected chi connectivity index (χ2v) is 13.3. The zero-order valence-corrected chi connectivity index (χ0v) is 27.1. The van der Waals surface area contributed by atoms with Crippen LogP contribution in [0, 0.1) is 5.41 Å². The van der Waals surface area contributed by atoms with E-state index in [0.717, 1.165) is 59.3 Å². The molecule has 1 aliphatic rings. The fourth-order valence-corrected chi connectivity index (χ4v) is 7.40. The third-order valence-electron chi connectivity index (χ3n) is 7.48. The SMILES string of the molecule is CC(C)(O)c1ccccc1CCC(SCC1(CC(=O)[O-])CC1)c1cccc(/C=C/c2ccc3sccc3n2)c1.[Na+]. The van der Waals surface area contributed by atoms with Gasteiger partial charge in [0.15, 0.2) is 0 Å². The van der Waals surface area contributed by atoms with Crippen molar-refractivity contribution in [2.45, 2.75) is 56.8 Å². The van der Waals surface area contributed by atoms with Crippen LogP contribution in [0.25, 0.3) is 22.4 Å². The van der Waals surface area contributed by atoms with E-state index in [0.29, 0.717) is 0 Å². The Bertz CT molecular complexity index is 1490. The molecule has 1 aliphatic carbocycles. The van der Waals surface area contributed by atoms with Gasteiger partial charge in [0.1, 0.15) is 0 Å². The Labute approximate surface area is 267 Å². The number of rotatable bonds is 12. The van der Waals surface area contributed by atoms with Gasteiger partial charge in [0.2, 0.25) is 0 Å². The molecule has 4 aromatic rings. The number of pyridine rings is 1. The number of thiophene rings is 1. The molecule has 202 valence electrons. The molecule has 0 bridgehead atoms. The molecule has 0 spiro atoms. The summed E-state index contributed by atoms with van der Waals surface area (Å²) in [5.41, 5.74) is 5.36. The minimum atomic E-state index is -0.954. The van der Waals surface area contributed by atoms with Crippen LogP contribution in [0.3, 0.4) is 0 Å². The molecule has 1 saturated carbocycles. The molecule has 0 radical (unpaired) electrons. The maximum absolute atomic E-state index is 11.3. The number of fused-ring (bicyclic) bond motifs is 1. The number of hydrogen-bond donors (Lipinski definition) is 1. The molecule has 40 heavy (non-hydrogen) atoms. The van der Waals surface area contributed by atoms with E-state index in [-0.39, 0.29) is 46.6 Å². The topological polar surface area (TPSA) is 73.2 Å². The van der Waals surface area contributed by atoms with Crippen molar-refractivity contribution in [1.29, 1.82) is 0 Å². The Kier molecular flexibility index (Phi) is 10.4. The summed E-state index contributed by atoms with van der Waals surface area (Å²) in [6.07, 6.45) is 7.92. The van der Waals surface area contributed by atoms with Gasteiger partial charge in [0.25, 0.3) is 0 Å². The van der Waals surface area contributed by atoms with Crippen LogP contribution in [0.15, 0.2) is 72.1 Å². The number of benzene rings is 2. The van der Waals surface area contributed by atoms with Crippen molar-refractivity contribution < 1.29 is 44.6 Å². The van der Waals surface area contributed by atoms with Crippen molar-refractivity contribution in [3.05, 3.63) is 100 Å². The van der Waals surface area contributed by atoms with E-state index < -0.39 is 11.6 Å². The Morgan fingerprint density at radius 2 is 1.93 bits per heavy atom. The molecule has 0 saturated heterocycles. The average Bonchev–Trinajstić information content (AvgIpc) is 3.49. The zero-order valence-electron chi connectivity index (χ0n) is 23.4. The summed E-state index contributed by atoms with van der Waals surface area (Å²) in [5, 5.41) is 24.3. The molecule has 1 fully saturated rings. The first-order valence-electron chi connectivity index (χ1n) is 13.5. The second kappa shape index (κ2) is 13.4. The summed E-state index contributed by atoms with van der Waals surface area (Å²) in [6, 6.07) is 22.9. The van der Waals surface area contributed by atoms with E-state index >= 15 is 0 Å². The van der Waals surface area contributed by atoms with Crippen LogP contribution in [-0.4, -0.2) is 21.8 Å². The van der Waals surface area contributed by atoms with Gasteiger partial charge in [0.05, 0.1) is 21.5 Å². The minimum absolute atomic E-state index is 0. The molecule has 2 aromatic carbocycles. The number of aliphatic carboxylic acids is 1. The summed E-state index contributed by atoms with van der Waals surface area (Å²) >= 11 is 3.55. The fraction of sp³-hybridized carbons (Fsp3) is 0.333. The van der Waals surface area contributed by atoms with Crippen molar-refractivity contribution in [3.8, 4) is 0 Å². The number of aromatic nitrogens is 1. The van der Waals surface area contributed by atoms with Crippen LogP contribution in [0.2, 0.25) is 0 Å². The summed E-state index contributed by atoms with van der Waals surface area (Å²) in [7, 11) is 0. The van der Waals surface area contributed by atoms with E-state index in [9.17, 15) is 15.0 Å². The van der Waals surface area contributed by atoms with Gasteiger partial charge < -0.3 is 15.0 Å². The Morgan fingerprint density at radius 1 is 1.12 bits per heavy atom. The van der Waals surface area contributed by atoms with Crippen LogP contribution in [-0.2, 0) is 16.8 Å². The van der Waals surface area contributed by atoms with Gasteiger partial charge in [-0.3, -0.25) is 0 Å². The molecule has 0 aliphatic heterocycles. The molecule has 1 unspecified atom stereocenters. The first-order chi connectivity index (χ1) is 18.7. The number of thioether (sulfide) groups is 1. The van der Waals surface area contributed by atoms with Crippen LogP contribution >= 0.6 is 23.1 Å². The molecule has 7 heteroatoms. The molecule has 2 aromatic heterocycles. The van der Waals surface area contributed by atoms with E-state index in [2.05, 4.69) is 53.9 Å². The number of aryl methyl sites for hydroxylation is 1. The minimum Gasteiger partial charge on any atom is -0.550 e. The summed E-state index contributed by atoms with van der Waals surface area (Å²) in [5.74, 6) is -0.145. The zero-order chi connectivity index (χ0) is 27.5. The van der Waals surface area contributed by atoms with Gasteiger partial charge in [-0.15, -0.1) is 11.3 Å². The van der Waals surface area contributed by atoms with Gasteiger partial charge in [-0.05, 0) is 109 Å². The Balaban J connectivity index is 0.00000370. The van der Waals surface area contributed by atoms with Crippen molar-refractivity contribution >= 4 is 51.4 Å². The van der Waals surface area contributed by atoms with Crippen molar-refractivity contribution in [3.63, 3.8) is 0 Å². The third kappa shape index (κ3) is 8.09. The maximum Gasteiger partial charge on any atom is 1.00 e. The first-order valence-corrected chi connectivity index (χ1v) is 15.4. The fourth-order valence-electron chi connectivity index (χ4n) is 5.11. The third-order valence-corrected chi connectivity index (χ3v) is 10.0. The maximum atomic E-state index is 11.3. The van der Waals surface area contributed by atoms with Gasteiger partial charge in [0, 0.05) is 11.2 Å². The van der Waals surface area contributed by atoms with Crippen LogP contribution in [0.1, 0.15) is 72.7 Å². The van der Waals surface area contributed by atoms with Crippen molar-refractivity contribution in [1.82, 2.24) is 4.98 Å². The first kappa shape index (κ1) is 31.0. The van der Waals surface area contributed by atoms with E-state index in [4.69, 9.17) is 4.98 Å². The number of nitrogens with zero attached hydrogens (tertiary/aromatic N) is 1. The normalized spacial score (nSPS) is 15.2.